The van der Waals surface area contributed by atoms with Gasteiger partial charge in [0.25, 0.3) is 0 Å². The summed E-state index contributed by atoms with van der Waals surface area (Å²) in [7, 11) is 0. The highest BCUT2D eigenvalue weighted by molar-refractivity contribution is 7.25. The molecular weight excluding hydrogens is 649 g/mol. The summed E-state index contributed by atoms with van der Waals surface area (Å²) >= 11 is 1.88. The van der Waals surface area contributed by atoms with Crippen LogP contribution in [0.2, 0.25) is 0 Å². The third-order valence-corrected chi connectivity index (χ3v) is 12.9. The first-order chi connectivity index (χ1) is 25.7. The molecular formula is C49H40N2S. The van der Waals surface area contributed by atoms with Gasteiger partial charge < -0.3 is 9.80 Å². The molecule has 2 saturated carbocycles. The van der Waals surface area contributed by atoms with Gasteiger partial charge >= 0.3 is 0 Å². The lowest BCUT2D eigenvalue weighted by Gasteiger charge is -2.40. The van der Waals surface area contributed by atoms with Gasteiger partial charge in [0.1, 0.15) is 0 Å². The Bertz CT molecular complexity index is 2430. The molecule has 0 aliphatic heterocycles. The number of para-hydroxylation sites is 3. The molecule has 252 valence electrons. The van der Waals surface area contributed by atoms with E-state index in [4.69, 9.17) is 0 Å². The van der Waals surface area contributed by atoms with Crippen LogP contribution in [-0.2, 0) is 5.41 Å². The van der Waals surface area contributed by atoms with Gasteiger partial charge in [-0.2, -0.15) is 0 Å². The monoisotopic (exact) mass is 688 g/mol. The number of nitrogens with zero attached hydrogens (tertiary/aromatic N) is 2. The van der Waals surface area contributed by atoms with Gasteiger partial charge in [-0.3, -0.25) is 0 Å². The molecule has 3 unspecified atom stereocenters. The smallest absolute Gasteiger partial charge is 0.0476 e. The number of benzene rings is 7. The zero-order valence-electron chi connectivity index (χ0n) is 29.1. The number of fused-ring (bicyclic) bond motifs is 5. The Labute approximate surface area is 310 Å². The van der Waals surface area contributed by atoms with Crippen LogP contribution >= 0.6 is 11.3 Å². The molecule has 0 amide bonds. The lowest BCUT2D eigenvalue weighted by molar-refractivity contribution is 0.320. The minimum atomic E-state index is 0.0257. The summed E-state index contributed by atoms with van der Waals surface area (Å²) in [6, 6.07) is 67.1. The summed E-state index contributed by atoms with van der Waals surface area (Å²) in [6.45, 7) is 0. The topological polar surface area (TPSA) is 6.48 Å². The number of hydrogen-bond acceptors (Lipinski definition) is 3. The van der Waals surface area contributed by atoms with Crippen molar-refractivity contribution >= 4 is 65.6 Å². The SMILES string of the molecule is c1ccc(N(c2ccccc2)c2ccc(C3(c4ccc(N(c5ccccc5)c5ccc6c(c5)sc5ccccc56)cc4)CC4CCC3C4)cc2)cc1. The number of hydrogen-bond donors (Lipinski definition) is 0. The van der Waals surface area contributed by atoms with Crippen molar-refractivity contribution in [2.45, 2.75) is 31.1 Å². The molecule has 3 heteroatoms. The minimum absolute atomic E-state index is 0.0257. The predicted molar refractivity (Wildman–Crippen MR) is 221 cm³/mol. The maximum absolute atomic E-state index is 2.44. The van der Waals surface area contributed by atoms with Crippen molar-refractivity contribution in [3.05, 3.63) is 193 Å². The first-order valence-corrected chi connectivity index (χ1v) is 19.4. The van der Waals surface area contributed by atoms with Crippen molar-refractivity contribution in [1.29, 1.82) is 0 Å². The molecule has 2 nitrogen and oxygen atoms in total. The Hall–Kier alpha value is -5.64. The minimum Gasteiger partial charge on any atom is -0.311 e. The van der Waals surface area contributed by atoms with Gasteiger partial charge in [-0.25, -0.2) is 0 Å². The highest BCUT2D eigenvalue weighted by Crippen LogP contribution is 2.60. The van der Waals surface area contributed by atoms with Crippen LogP contribution in [0.4, 0.5) is 34.1 Å². The predicted octanol–water partition coefficient (Wildman–Crippen LogP) is 14.1. The molecule has 2 aliphatic carbocycles. The van der Waals surface area contributed by atoms with E-state index in [2.05, 4.69) is 192 Å². The van der Waals surface area contributed by atoms with Crippen LogP contribution < -0.4 is 9.80 Å². The first-order valence-electron chi connectivity index (χ1n) is 18.6. The van der Waals surface area contributed by atoms with Crippen molar-refractivity contribution in [3.8, 4) is 0 Å². The van der Waals surface area contributed by atoms with Crippen molar-refractivity contribution < 1.29 is 0 Å². The molecule has 1 heterocycles. The zero-order chi connectivity index (χ0) is 34.5. The quantitative estimate of drug-likeness (QED) is 0.157. The summed E-state index contributed by atoms with van der Waals surface area (Å²) in [5.41, 5.74) is 9.99. The highest BCUT2D eigenvalue weighted by atomic mass is 32.1. The normalized spacial score (nSPS) is 19.3. The molecule has 0 spiro atoms. The van der Waals surface area contributed by atoms with Crippen molar-refractivity contribution in [3.63, 3.8) is 0 Å². The molecule has 0 saturated heterocycles. The van der Waals surface area contributed by atoms with Gasteiger partial charge in [0.05, 0.1) is 0 Å². The molecule has 2 aliphatic rings. The summed E-state index contributed by atoms with van der Waals surface area (Å²) in [5.74, 6) is 1.46. The van der Waals surface area contributed by atoms with E-state index >= 15 is 0 Å². The Morgan fingerprint density at radius 3 is 1.40 bits per heavy atom. The number of thiophene rings is 1. The standard InChI is InChI=1S/C49H40N2S/c1-4-12-39(13-5-1)50(40-14-6-2-7-15-40)42-26-22-36(23-27-42)49(34-35-20-21-38(49)32-35)37-24-28-43(29-25-37)51(41-16-8-3-9-17-41)44-30-31-46-45-18-10-11-19-47(45)52-48(46)33-44/h1-19,22-31,33,35,38H,20-21,32,34H2. The molecule has 2 bridgehead atoms. The van der Waals surface area contributed by atoms with E-state index in [1.54, 1.807) is 0 Å². The van der Waals surface area contributed by atoms with Gasteiger partial charge in [-0.1, -0.05) is 110 Å². The van der Waals surface area contributed by atoms with E-state index < -0.39 is 0 Å². The second kappa shape index (κ2) is 12.8. The van der Waals surface area contributed by atoms with E-state index in [0.29, 0.717) is 5.92 Å². The lowest BCUT2D eigenvalue weighted by Crippen LogP contribution is -2.34. The van der Waals surface area contributed by atoms with E-state index in [-0.39, 0.29) is 5.41 Å². The molecule has 52 heavy (non-hydrogen) atoms. The van der Waals surface area contributed by atoms with E-state index in [0.717, 1.165) is 5.92 Å². The van der Waals surface area contributed by atoms with Crippen LogP contribution in [0.25, 0.3) is 20.2 Å². The second-order valence-electron chi connectivity index (χ2n) is 14.6. The Morgan fingerprint density at radius 1 is 0.423 bits per heavy atom. The van der Waals surface area contributed by atoms with Gasteiger partial charge in [-0.15, -0.1) is 11.3 Å². The maximum Gasteiger partial charge on any atom is 0.0476 e. The van der Waals surface area contributed by atoms with E-state index in [1.165, 1.54) is 91.1 Å². The number of rotatable bonds is 8. The third-order valence-electron chi connectivity index (χ3n) is 11.8. The average molecular weight is 689 g/mol. The van der Waals surface area contributed by atoms with Crippen LogP contribution in [0.15, 0.2) is 182 Å². The van der Waals surface area contributed by atoms with Crippen LogP contribution in [-0.4, -0.2) is 0 Å². The van der Waals surface area contributed by atoms with Gasteiger partial charge in [0.15, 0.2) is 0 Å². The molecule has 1 aromatic heterocycles. The lowest BCUT2D eigenvalue weighted by atomic mass is 9.64. The summed E-state index contributed by atoms with van der Waals surface area (Å²) in [4.78, 5) is 4.78. The largest absolute Gasteiger partial charge is 0.311 e. The van der Waals surface area contributed by atoms with Crippen LogP contribution in [0.1, 0.15) is 36.8 Å². The fourth-order valence-electron chi connectivity index (χ4n) is 9.50. The summed E-state index contributed by atoms with van der Waals surface area (Å²) < 4.78 is 2.65. The molecule has 10 rings (SSSR count). The summed E-state index contributed by atoms with van der Waals surface area (Å²) in [5, 5.41) is 2.66. The molecule has 0 radical (unpaired) electrons. The fourth-order valence-corrected chi connectivity index (χ4v) is 10.6. The molecule has 7 aromatic carbocycles. The number of anilines is 6. The van der Waals surface area contributed by atoms with Crippen molar-refractivity contribution in [2.75, 3.05) is 9.80 Å². The van der Waals surface area contributed by atoms with Crippen LogP contribution in [0.5, 0.6) is 0 Å². The zero-order valence-corrected chi connectivity index (χ0v) is 29.9. The Balaban J connectivity index is 1.04. The first kappa shape index (κ1) is 31.1. The molecule has 8 aromatic rings. The second-order valence-corrected chi connectivity index (χ2v) is 15.7. The van der Waals surface area contributed by atoms with Crippen LogP contribution in [0, 0.1) is 11.8 Å². The van der Waals surface area contributed by atoms with Gasteiger partial charge in [0, 0.05) is 59.7 Å². The van der Waals surface area contributed by atoms with Gasteiger partial charge in [-0.05, 0) is 121 Å². The highest BCUT2D eigenvalue weighted by Gasteiger charge is 2.52. The Kier molecular flexibility index (Phi) is 7.69. The van der Waals surface area contributed by atoms with E-state index in [1.807, 2.05) is 11.3 Å². The van der Waals surface area contributed by atoms with Crippen molar-refractivity contribution in [1.82, 2.24) is 0 Å². The average Bonchev–Trinajstić information content (AvgIpc) is 3.94. The molecule has 0 N–H and O–H groups in total. The molecule has 2 fully saturated rings. The fraction of sp³-hybridized carbons (Fsp3) is 0.143. The van der Waals surface area contributed by atoms with E-state index in [9.17, 15) is 0 Å². The molecule has 3 atom stereocenters. The summed E-state index contributed by atoms with van der Waals surface area (Å²) in [6.07, 6.45) is 5.22. The van der Waals surface area contributed by atoms with Gasteiger partial charge in [0.2, 0.25) is 0 Å². The maximum atomic E-state index is 2.44. The van der Waals surface area contributed by atoms with Crippen molar-refractivity contribution in [2.24, 2.45) is 11.8 Å². The Morgan fingerprint density at radius 2 is 0.885 bits per heavy atom. The van der Waals surface area contributed by atoms with Crippen LogP contribution in [0.3, 0.4) is 0 Å². The third kappa shape index (κ3) is 5.22.